The van der Waals surface area contributed by atoms with Gasteiger partial charge in [-0.1, -0.05) is 29.3 Å². The maximum atomic E-state index is 12.7. The summed E-state index contributed by atoms with van der Waals surface area (Å²) in [6, 6.07) is 9.23. The summed E-state index contributed by atoms with van der Waals surface area (Å²) in [6.45, 7) is 2.24. The van der Waals surface area contributed by atoms with Crippen molar-refractivity contribution in [3.05, 3.63) is 85.4 Å². The third-order valence-electron chi connectivity index (χ3n) is 4.73. The molecule has 0 aliphatic carbocycles. The third-order valence-corrected chi connectivity index (χ3v) is 5.47. The van der Waals surface area contributed by atoms with E-state index >= 15 is 0 Å². The fourth-order valence-corrected chi connectivity index (χ4v) is 3.61. The fourth-order valence-electron chi connectivity index (χ4n) is 3.31. The van der Waals surface area contributed by atoms with Crippen molar-refractivity contribution in [2.75, 3.05) is 7.11 Å². The molecule has 2 aromatic heterocycles. The number of carboxylic acids is 1. The lowest BCUT2D eigenvalue weighted by atomic mass is 10.0. The number of hydrogen-bond acceptors (Lipinski definition) is 5. The van der Waals surface area contributed by atoms with Gasteiger partial charge in [-0.05, 0) is 31.2 Å². The number of carboxylic acid groups (broad SMARTS) is 1. The molecule has 2 heterocycles. The van der Waals surface area contributed by atoms with Crippen molar-refractivity contribution in [1.29, 1.82) is 0 Å². The molecule has 0 aliphatic heterocycles. The number of methoxy groups -OCH3 is 1. The summed E-state index contributed by atoms with van der Waals surface area (Å²) in [5, 5.41) is 10.3. The van der Waals surface area contributed by atoms with Crippen molar-refractivity contribution >= 4 is 35.1 Å². The van der Waals surface area contributed by atoms with Gasteiger partial charge in [-0.25, -0.2) is 9.59 Å². The molecule has 0 fully saturated rings. The predicted molar refractivity (Wildman–Crippen MR) is 117 cm³/mol. The van der Waals surface area contributed by atoms with Crippen LogP contribution in [0.3, 0.4) is 0 Å². The zero-order valence-electron chi connectivity index (χ0n) is 16.7. The SMILES string of the molecule is CCn1c(Cc2ccc(C(=O)OC)cn2)cc(=O)c(C(=O)O)c1-c1ccc(Cl)c(Cl)c1. The smallest absolute Gasteiger partial charge is 0.341 e. The quantitative estimate of drug-likeness (QED) is 0.550. The van der Waals surface area contributed by atoms with Crippen LogP contribution in [0.25, 0.3) is 11.3 Å². The molecule has 0 radical (unpaired) electrons. The first kappa shape index (κ1) is 22.5. The van der Waals surface area contributed by atoms with Gasteiger partial charge in [0.05, 0.1) is 28.4 Å². The molecule has 0 unspecified atom stereocenters. The largest absolute Gasteiger partial charge is 0.477 e. The molecule has 160 valence electrons. The number of rotatable bonds is 6. The van der Waals surface area contributed by atoms with E-state index in [0.717, 1.165) is 0 Å². The number of esters is 1. The van der Waals surface area contributed by atoms with E-state index in [1.54, 1.807) is 28.8 Å². The average Bonchev–Trinajstić information content (AvgIpc) is 2.75. The first-order chi connectivity index (χ1) is 14.8. The Morgan fingerprint density at radius 1 is 1.13 bits per heavy atom. The van der Waals surface area contributed by atoms with Crippen LogP contribution >= 0.6 is 23.2 Å². The number of halogens is 2. The van der Waals surface area contributed by atoms with E-state index in [0.29, 0.717) is 34.1 Å². The van der Waals surface area contributed by atoms with Crippen LogP contribution in [0.1, 0.15) is 39.0 Å². The van der Waals surface area contributed by atoms with Crippen LogP contribution in [0.4, 0.5) is 0 Å². The minimum atomic E-state index is -1.33. The number of carbonyl (C=O) groups is 2. The number of benzene rings is 1. The highest BCUT2D eigenvalue weighted by atomic mass is 35.5. The van der Waals surface area contributed by atoms with E-state index in [-0.39, 0.29) is 22.7 Å². The lowest BCUT2D eigenvalue weighted by molar-refractivity contribution is 0.0599. The molecule has 1 aromatic carbocycles. The Morgan fingerprint density at radius 3 is 2.42 bits per heavy atom. The van der Waals surface area contributed by atoms with Crippen LogP contribution in [0.5, 0.6) is 0 Å². The van der Waals surface area contributed by atoms with Crippen LogP contribution in [-0.2, 0) is 17.7 Å². The van der Waals surface area contributed by atoms with E-state index in [2.05, 4.69) is 9.72 Å². The number of ether oxygens (including phenoxy) is 1. The number of aromatic carboxylic acids is 1. The summed E-state index contributed by atoms with van der Waals surface area (Å²) in [6.07, 6.45) is 1.64. The first-order valence-electron chi connectivity index (χ1n) is 9.25. The number of carbonyl (C=O) groups excluding carboxylic acids is 1. The van der Waals surface area contributed by atoms with E-state index < -0.39 is 17.4 Å². The third kappa shape index (κ3) is 4.62. The Labute approximate surface area is 187 Å². The predicted octanol–water partition coefficient (Wildman–Crippen LogP) is 4.31. The Kier molecular flexibility index (Phi) is 6.77. The van der Waals surface area contributed by atoms with E-state index in [9.17, 15) is 19.5 Å². The fraction of sp³-hybridized carbons (Fsp3) is 0.182. The summed E-state index contributed by atoms with van der Waals surface area (Å²) >= 11 is 12.1. The second-order valence-corrected chi connectivity index (χ2v) is 7.42. The molecule has 0 amide bonds. The number of aromatic nitrogens is 2. The van der Waals surface area contributed by atoms with Crippen molar-refractivity contribution in [3.8, 4) is 11.3 Å². The van der Waals surface area contributed by atoms with Crippen molar-refractivity contribution < 1.29 is 19.4 Å². The van der Waals surface area contributed by atoms with Crippen LogP contribution in [-0.4, -0.2) is 33.7 Å². The van der Waals surface area contributed by atoms with Gasteiger partial charge >= 0.3 is 11.9 Å². The molecule has 9 heteroatoms. The summed E-state index contributed by atoms with van der Waals surface area (Å²) in [5.74, 6) is -1.84. The molecule has 0 bridgehead atoms. The second-order valence-electron chi connectivity index (χ2n) is 6.61. The summed E-state index contributed by atoms with van der Waals surface area (Å²) in [7, 11) is 1.28. The molecule has 0 saturated carbocycles. The van der Waals surface area contributed by atoms with Gasteiger partial charge in [-0.3, -0.25) is 9.78 Å². The van der Waals surface area contributed by atoms with E-state index in [1.807, 2.05) is 6.92 Å². The summed E-state index contributed by atoms with van der Waals surface area (Å²) < 4.78 is 6.40. The number of pyridine rings is 2. The maximum absolute atomic E-state index is 12.7. The highest BCUT2D eigenvalue weighted by Gasteiger charge is 2.22. The van der Waals surface area contributed by atoms with Crippen LogP contribution in [0, 0.1) is 0 Å². The lowest BCUT2D eigenvalue weighted by Gasteiger charge is -2.20. The first-order valence-corrected chi connectivity index (χ1v) is 10.0. The monoisotopic (exact) mass is 460 g/mol. The van der Waals surface area contributed by atoms with Crippen molar-refractivity contribution in [1.82, 2.24) is 9.55 Å². The highest BCUT2D eigenvalue weighted by Crippen LogP contribution is 2.31. The molecule has 1 N–H and O–H groups in total. The van der Waals surface area contributed by atoms with E-state index in [1.165, 1.54) is 25.4 Å². The molecular weight excluding hydrogens is 443 g/mol. The van der Waals surface area contributed by atoms with Crippen LogP contribution < -0.4 is 5.43 Å². The topological polar surface area (TPSA) is 98.5 Å². The zero-order valence-corrected chi connectivity index (χ0v) is 18.2. The minimum Gasteiger partial charge on any atom is -0.477 e. The molecule has 7 nitrogen and oxygen atoms in total. The zero-order chi connectivity index (χ0) is 22.7. The highest BCUT2D eigenvalue weighted by molar-refractivity contribution is 6.42. The molecular formula is C22H18Cl2N2O5. The van der Waals surface area contributed by atoms with Gasteiger partial charge in [-0.2, -0.15) is 0 Å². The summed E-state index contributed by atoms with van der Waals surface area (Å²) in [4.78, 5) is 40.5. The molecule has 0 saturated heterocycles. The van der Waals surface area contributed by atoms with Crippen molar-refractivity contribution in [2.45, 2.75) is 19.9 Å². The Balaban J connectivity index is 2.17. The number of hydrogen-bond donors (Lipinski definition) is 1. The summed E-state index contributed by atoms with van der Waals surface area (Å²) in [5.41, 5.74) is 1.19. The minimum absolute atomic E-state index is 0.238. The normalized spacial score (nSPS) is 10.7. The molecule has 31 heavy (non-hydrogen) atoms. The van der Waals surface area contributed by atoms with Gasteiger partial charge < -0.3 is 14.4 Å². The van der Waals surface area contributed by atoms with E-state index in [4.69, 9.17) is 23.2 Å². The van der Waals surface area contributed by atoms with Crippen LogP contribution in [0.2, 0.25) is 10.0 Å². The molecule has 0 aliphatic rings. The Hall–Kier alpha value is -3.16. The standard InChI is InChI=1S/C22H18Cl2N2O5/c1-3-26-15(9-14-6-4-13(11-25-14)22(30)31-2)10-18(27)19(21(28)29)20(26)12-5-7-16(23)17(24)8-12/h4-8,10-11H,3,9H2,1-2H3,(H,28,29). The van der Waals surface area contributed by atoms with Crippen LogP contribution in [0.15, 0.2) is 47.4 Å². The van der Waals surface area contributed by atoms with Gasteiger partial charge in [-0.15, -0.1) is 0 Å². The van der Waals surface area contributed by atoms with Gasteiger partial charge in [0.15, 0.2) is 5.43 Å². The molecule has 0 atom stereocenters. The molecule has 0 spiro atoms. The average molecular weight is 461 g/mol. The van der Waals surface area contributed by atoms with Gasteiger partial charge in [0.1, 0.15) is 5.56 Å². The molecule has 3 rings (SSSR count). The van der Waals surface area contributed by atoms with Crippen molar-refractivity contribution in [2.24, 2.45) is 0 Å². The lowest BCUT2D eigenvalue weighted by Crippen LogP contribution is -2.23. The molecule has 3 aromatic rings. The van der Waals surface area contributed by atoms with Gasteiger partial charge in [0.25, 0.3) is 0 Å². The van der Waals surface area contributed by atoms with Gasteiger partial charge in [0, 0.05) is 42.2 Å². The van der Waals surface area contributed by atoms with Crippen molar-refractivity contribution in [3.63, 3.8) is 0 Å². The van der Waals surface area contributed by atoms with Gasteiger partial charge in [0.2, 0.25) is 0 Å². The second kappa shape index (κ2) is 9.32. The Morgan fingerprint density at radius 2 is 1.87 bits per heavy atom. The number of nitrogens with zero attached hydrogens (tertiary/aromatic N) is 2. The maximum Gasteiger partial charge on any atom is 0.341 e. The Bertz CT molecular complexity index is 1220.